The Kier molecular flexibility index (Phi) is 12.9. The second-order valence-corrected chi connectivity index (χ2v) is 25.3. The van der Waals surface area contributed by atoms with Crippen LogP contribution in [-0.2, 0) is 28.4 Å². The van der Waals surface area contributed by atoms with Gasteiger partial charge in [0, 0.05) is 12.8 Å². The summed E-state index contributed by atoms with van der Waals surface area (Å²) in [5.74, 6) is 8.59. The maximum absolute atomic E-state index is 13.4. The van der Waals surface area contributed by atoms with Crippen LogP contribution in [0.5, 0.6) is 0 Å². The summed E-state index contributed by atoms with van der Waals surface area (Å²) in [4.78, 5) is 26.7. The monoisotopic (exact) mass is 839 g/mol. The van der Waals surface area contributed by atoms with E-state index in [0.717, 1.165) is 60.2 Å². The summed E-state index contributed by atoms with van der Waals surface area (Å²) in [7, 11) is -4.52. The van der Waals surface area contributed by atoms with Crippen molar-refractivity contribution in [3.8, 4) is 0 Å². The molecule has 0 aromatic carbocycles. The van der Waals surface area contributed by atoms with Crippen molar-refractivity contribution < 1.29 is 26.4 Å². The number of ketones is 2. The van der Waals surface area contributed by atoms with Gasteiger partial charge in [0.25, 0.3) is 0 Å². The number of hydrogen-bond donors (Lipinski definition) is 0. The molecule has 336 valence electrons. The number of Topliss-reactive ketones (excluding diaryl/α,β-unsaturated/α-hetero) is 2. The second-order valence-electron chi connectivity index (χ2n) is 24.1. The Balaban J connectivity index is 0.777. The average Bonchev–Trinajstić information content (AvgIpc) is 3.74. The maximum atomic E-state index is 13.4. The van der Waals surface area contributed by atoms with Crippen LogP contribution in [0.4, 0.5) is 0 Å². The fraction of sp³-hybridized carbons (Fsp3) is 0.962. The molecular weight excluding hydrogens is 753 g/mol. The van der Waals surface area contributed by atoms with Crippen LogP contribution in [0.2, 0.25) is 0 Å². The highest BCUT2D eigenvalue weighted by molar-refractivity contribution is 7.81. The first-order valence-corrected chi connectivity index (χ1v) is 26.9. The van der Waals surface area contributed by atoms with Gasteiger partial charge in [-0.1, -0.05) is 67.2 Å². The lowest BCUT2D eigenvalue weighted by molar-refractivity contribution is -0.127. The van der Waals surface area contributed by atoms with Gasteiger partial charge in [-0.15, -0.1) is 0 Å². The first-order chi connectivity index (χ1) is 27.9. The van der Waals surface area contributed by atoms with Crippen molar-refractivity contribution in [1.29, 1.82) is 0 Å². The van der Waals surface area contributed by atoms with Gasteiger partial charge in [-0.3, -0.25) is 9.59 Å². The Morgan fingerprint density at radius 1 is 0.492 bits per heavy atom. The van der Waals surface area contributed by atoms with E-state index in [0.29, 0.717) is 58.2 Å². The van der Waals surface area contributed by atoms with E-state index in [2.05, 4.69) is 41.5 Å². The molecule has 0 aliphatic heterocycles. The van der Waals surface area contributed by atoms with Gasteiger partial charge < -0.3 is 0 Å². The highest BCUT2D eigenvalue weighted by atomic mass is 32.3. The Bertz CT molecular complexity index is 1530. The molecule has 6 nitrogen and oxygen atoms in total. The summed E-state index contributed by atoms with van der Waals surface area (Å²) in [6.07, 6.45) is 27.5. The molecule has 0 heterocycles. The fourth-order valence-corrected chi connectivity index (χ4v) is 19.5. The van der Waals surface area contributed by atoms with Gasteiger partial charge in [-0.25, -0.2) is 8.37 Å². The molecule has 8 aliphatic carbocycles. The summed E-state index contributed by atoms with van der Waals surface area (Å²) >= 11 is 0. The standard InChI is InChI=1S/C52H86O6S/c1-33(41-21-23-43-39-19-17-37-13-9-11-29-49(37,5)45(39)27-31-51(41,43)7)15-25-47(53)35(3)57-59(55,56)58-36(4)48(54)26-16-34(2)42-22-24-44-40-20-18-38-14-10-12-30-50(38,6)46(40)28-32-52(42,44)8/h33-46H,9-32H2,1-8H3/t33-,34-,35?,36?,37?,38?,39+,40+,41-,42-,43+,44+,45+,46+,49+,50+,51-,52-/m1/s1. The molecule has 0 amide bonds. The normalized spacial score (nSPS) is 46.3. The number of carbonyl (C=O) groups is 2. The number of fused-ring (bicyclic) bond motifs is 10. The molecule has 8 fully saturated rings. The number of carbonyl (C=O) groups excluding carboxylic acids is 2. The minimum atomic E-state index is -4.52. The molecule has 4 unspecified atom stereocenters. The van der Waals surface area contributed by atoms with Crippen molar-refractivity contribution >= 4 is 22.0 Å². The van der Waals surface area contributed by atoms with Gasteiger partial charge in [0.05, 0.1) is 0 Å². The molecule has 0 radical (unpaired) electrons. The molecule has 0 N–H and O–H groups in total. The molecule has 59 heavy (non-hydrogen) atoms. The van der Waals surface area contributed by atoms with E-state index in [4.69, 9.17) is 8.37 Å². The van der Waals surface area contributed by atoms with Crippen molar-refractivity contribution in [3.63, 3.8) is 0 Å². The molecule has 7 heteroatoms. The molecule has 18 atom stereocenters. The van der Waals surface area contributed by atoms with Crippen LogP contribution in [0, 0.1) is 92.7 Å². The molecule has 8 saturated carbocycles. The minimum Gasteiger partial charge on any atom is -0.297 e. The highest BCUT2D eigenvalue weighted by Crippen LogP contribution is 2.70. The third-order valence-corrected chi connectivity index (χ3v) is 22.9. The van der Waals surface area contributed by atoms with Crippen LogP contribution in [-0.4, -0.2) is 32.2 Å². The van der Waals surface area contributed by atoms with E-state index in [1.165, 1.54) is 142 Å². The molecular formula is C52H86O6S. The number of rotatable bonds is 14. The predicted octanol–water partition coefficient (Wildman–Crippen LogP) is 13.1. The zero-order valence-corrected chi connectivity index (χ0v) is 39.7. The van der Waals surface area contributed by atoms with Gasteiger partial charge in [-0.2, -0.15) is 8.42 Å². The summed E-state index contributed by atoms with van der Waals surface area (Å²) in [6, 6.07) is 0. The largest absolute Gasteiger partial charge is 0.401 e. The first kappa shape index (κ1) is 44.8. The smallest absolute Gasteiger partial charge is 0.297 e. The molecule has 0 aromatic rings. The molecule has 0 saturated heterocycles. The lowest BCUT2D eigenvalue weighted by atomic mass is 9.44. The molecule has 0 spiro atoms. The van der Waals surface area contributed by atoms with Gasteiger partial charge in [0.15, 0.2) is 11.6 Å². The minimum absolute atomic E-state index is 0.206. The van der Waals surface area contributed by atoms with Gasteiger partial charge in [0.2, 0.25) is 0 Å². The lowest BCUT2D eigenvalue weighted by Crippen LogP contribution is -2.53. The van der Waals surface area contributed by atoms with E-state index < -0.39 is 22.6 Å². The van der Waals surface area contributed by atoms with E-state index in [-0.39, 0.29) is 11.6 Å². The highest BCUT2D eigenvalue weighted by Gasteiger charge is 2.62. The van der Waals surface area contributed by atoms with Crippen LogP contribution in [0.15, 0.2) is 0 Å². The predicted molar refractivity (Wildman–Crippen MR) is 236 cm³/mol. The van der Waals surface area contributed by atoms with Gasteiger partial charge in [-0.05, 0) is 222 Å². The Morgan fingerprint density at radius 3 is 1.29 bits per heavy atom. The average molecular weight is 839 g/mol. The van der Waals surface area contributed by atoms with Crippen LogP contribution in [0.25, 0.3) is 0 Å². The third-order valence-electron chi connectivity index (χ3n) is 21.8. The third kappa shape index (κ3) is 8.05. The van der Waals surface area contributed by atoms with Crippen LogP contribution < -0.4 is 0 Å². The van der Waals surface area contributed by atoms with Gasteiger partial charge >= 0.3 is 10.4 Å². The Labute approximate surface area is 361 Å². The van der Waals surface area contributed by atoms with Crippen molar-refractivity contribution in [1.82, 2.24) is 0 Å². The zero-order valence-electron chi connectivity index (χ0n) is 38.9. The van der Waals surface area contributed by atoms with Crippen LogP contribution in [0.3, 0.4) is 0 Å². The quantitative estimate of drug-likeness (QED) is 0.173. The van der Waals surface area contributed by atoms with Crippen LogP contribution >= 0.6 is 0 Å². The van der Waals surface area contributed by atoms with Gasteiger partial charge in [0.1, 0.15) is 12.2 Å². The first-order valence-electron chi connectivity index (χ1n) is 25.6. The van der Waals surface area contributed by atoms with Crippen LogP contribution in [0.1, 0.15) is 209 Å². The SMILES string of the molecule is CC(OS(=O)(=O)OC(C)C(=O)CC[C@@H](C)[C@H]1CC[C@H]2[C@@H]3CCC4CCCC[C@]4(C)[C@H]3CC[C@]12C)C(=O)CC[C@@H](C)[C@H]1CC[C@H]2[C@@H]3CCC4CCCC[C@]4(C)[C@H]3CC[C@]12C. The molecule has 8 aliphatic rings. The van der Waals surface area contributed by atoms with E-state index in [9.17, 15) is 18.0 Å². The van der Waals surface area contributed by atoms with Crippen molar-refractivity contribution in [3.05, 3.63) is 0 Å². The van der Waals surface area contributed by atoms with Crippen molar-refractivity contribution in [2.24, 2.45) is 92.7 Å². The topological polar surface area (TPSA) is 86.7 Å². The summed E-state index contributed by atoms with van der Waals surface area (Å²) in [5.41, 5.74) is 1.77. The Morgan fingerprint density at radius 2 is 0.881 bits per heavy atom. The summed E-state index contributed by atoms with van der Waals surface area (Å²) in [5, 5.41) is 0. The van der Waals surface area contributed by atoms with Crippen molar-refractivity contribution in [2.75, 3.05) is 0 Å². The van der Waals surface area contributed by atoms with E-state index >= 15 is 0 Å². The molecule has 0 aromatic heterocycles. The Hall–Kier alpha value is -0.790. The molecule has 0 bridgehead atoms. The lowest BCUT2D eigenvalue weighted by Gasteiger charge is -2.61. The number of hydrogen-bond acceptors (Lipinski definition) is 6. The second kappa shape index (κ2) is 17.0. The fourth-order valence-electron chi connectivity index (χ4n) is 18.6. The van der Waals surface area contributed by atoms with E-state index in [1.54, 1.807) is 0 Å². The van der Waals surface area contributed by atoms with E-state index in [1.807, 2.05) is 0 Å². The summed E-state index contributed by atoms with van der Waals surface area (Å²) < 4.78 is 36.7. The maximum Gasteiger partial charge on any atom is 0.401 e. The van der Waals surface area contributed by atoms with Crippen molar-refractivity contribution in [2.45, 2.75) is 222 Å². The zero-order chi connectivity index (χ0) is 42.1. The summed E-state index contributed by atoms with van der Waals surface area (Å²) in [6.45, 7) is 18.1. The molecule has 8 rings (SSSR count).